The summed E-state index contributed by atoms with van der Waals surface area (Å²) in [5, 5.41) is 8.10. The number of halogens is 1. The molecule has 0 atom stereocenters. The van der Waals surface area contributed by atoms with Gasteiger partial charge in [-0.15, -0.1) is 24.0 Å². The molecule has 1 fully saturated rings. The van der Waals surface area contributed by atoms with Crippen LogP contribution in [0, 0.1) is 0 Å². The van der Waals surface area contributed by atoms with Crippen LogP contribution in [0.5, 0.6) is 0 Å². The smallest absolute Gasteiger partial charge is 0.191 e. The number of guanidine groups is 1. The van der Waals surface area contributed by atoms with Crippen LogP contribution in [0.2, 0.25) is 0 Å². The van der Waals surface area contributed by atoms with E-state index in [0.29, 0.717) is 0 Å². The van der Waals surface area contributed by atoms with Crippen molar-refractivity contribution < 1.29 is 4.74 Å². The molecule has 0 amide bonds. The molecule has 1 aliphatic heterocycles. The summed E-state index contributed by atoms with van der Waals surface area (Å²) in [6, 6.07) is 17.1. The zero-order valence-electron chi connectivity index (χ0n) is 17.4. The fourth-order valence-corrected chi connectivity index (χ4v) is 3.71. The lowest BCUT2D eigenvalue weighted by Gasteiger charge is -2.28. The topological polar surface area (TPSA) is 64.7 Å². The first-order valence-corrected chi connectivity index (χ1v) is 10.2. The fourth-order valence-electron chi connectivity index (χ4n) is 3.71. The maximum absolute atomic E-state index is 5.43. The van der Waals surface area contributed by atoms with Crippen LogP contribution >= 0.6 is 24.0 Å². The first-order valence-electron chi connectivity index (χ1n) is 10.2. The third-order valence-corrected chi connectivity index (χ3v) is 5.36. The van der Waals surface area contributed by atoms with Crippen molar-refractivity contribution in [1.29, 1.82) is 0 Å². The molecule has 30 heavy (non-hydrogen) atoms. The molecule has 0 radical (unpaired) electrons. The summed E-state index contributed by atoms with van der Waals surface area (Å²) in [6.45, 7) is 5.12. The van der Waals surface area contributed by atoms with E-state index in [0.717, 1.165) is 51.8 Å². The highest BCUT2D eigenvalue weighted by Crippen LogP contribution is 2.18. The van der Waals surface area contributed by atoms with Crippen molar-refractivity contribution >= 4 is 46.5 Å². The van der Waals surface area contributed by atoms with Gasteiger partial charge in [-0.1, -0.05) is 30.3 Å². The zero-order valence-corrected chi connectivity index (χ0v) is 19.7. The van der Waals surface area contributed by atoms with E-state index in [1.807, 2.05) is 7.05 Å². The number of hydrogen-bond acceptors (Lipinski definition) is 3. The number of H-pyrrole nitrogens is 1. The Bertz CT molecular complexity index is 948. The lowest BCUT2D eigenvalue weighted by molar-refractivity contribution is 0.122. The molecule has 3 N–H and O–H groups in total. The number of hydrogen-bond donors (Lipinski definition) is 3. The minimum atomic E-state index is 0. The van der Waals surface area contributed by atoms with E-state index in [1.165, 1.54) is 27.7 Å². The predicted octanol–water partition coefficient (Wildman–Crippen LogP) is 3.53. The van der Waals surface area contributed by atoms with Crippen LogP contribution in [0.15, 0.2) is 59.7 Å². The standard InChI is InChI=1S/C23H29N5O.HI/c1-24-23(25-11-10-19-17-26-22-5-3-2-4-21(19)22)27-16-18-6-8-20(9-7-18)28-12-14-29-15-13-28;/h2-9,17,26H,10-16H2,1H3,(H2,24,25,27);1H. The third-order valence-electron chi connectivity index (χ3n) is 5.36. The molecular weight excluding hydrogens is 489 g/mol. The van der Waals surface area contributed by atoms with Crippen molar-refractivity contribution in [3.8, 4) is 0 Å². The second-order valence-corrected chi connectivity index (χ2v) is 7.23. The van der Waals surface area contributed by atoms with Crippen molar-refractivity contribution in [2.24, 2.45) is 4.99 Å². The number of aliphatic imine (C=N–C) groups is 1. The number of benzene rings is 2. The monoisotopic (exact) mass is 519 g/mol. The number of anilines is 1. The van der Waals surface area contributed by atoms with Gasteiger partial charge in [-0.2, -0.15) is 0 Å². The van der Waals surface area contributed by atoms with Crippen LogP contribution in [0.1, 0.15) is 11.1 Å². The van der Waals surface area contributed by atoms with Crippen molar-refractivity contribution in [3.63, 3.8) is 0 Å². The Kier molecular flexibility index (Phi) is 8.39. The van der Waals surface area contributed by atoms with Crippen LogP contribution in [-0.4, -0.2) is 50.8 Å². The molecule has 1 saturated heterocycles. The van der Waals surface area contributed by atoms with Gasteiger partial charge in [0.2, 0.25) is 0 Å². The van der Waals surface area contributed by atoms with Crippen molar-refractivity contribution in [1.82, 2.24) is 15.6 Å². The first-order chi connectivity index (χ1) is 14.3. The lowest BCUT2D eigenvalue weighted by Crippen LogP contribution is -2.38. The Morgan fingerprint density at radius 3 is 2.60 bits per heavy atom. The molecule has 0 aliphatic carbocycles. The number of aromatic amines is 1. The van der Waals surface area contributed by atoms with Gasteiger partial charge in [0, 0.05) is 56.0 Å². The Labute approximate surface area is 195 Å². The van der Waals surface area contributed by atoms with E-state index in [-0.39, 0.29) is 24.0 Å². The SMILES string of the molecule is CN=C(NCCc1c[nH]c2ccccc12)NCc1ccc(N2CCOCC2)cc1.I. The number of rotatable bonds is 6. The van der Waals surface area contributed by atoms with E-state index < -0.39 is 0 Å². The second-order valence-electron chi connectivity index (χ2n) is 7.23. The zero-order chi connectivity index (χ0) is 19.9. The lowest BCUT2D eigenvalue weighted by atomic mass is 10.1. The molecule has 0 unspecified atom stereocenters. The summed E-state index contributed by atoms with van der Waals surface area (Å²) in [5.41, 5.74) is 5.01. The molecule has 1 aliphatic rings. The highest BCUT2D eigenvalue weighted by atomic mass is 127. The normalized spacial score (nSPS) is 14.4. The average Bonchev–Trinajstić information content (AvgIpc) is 3.20. The maximum Gasteiger partial charge on any atom is 0.191 e. The molecule has 2 heterocycles. The number of morpholine rings is 1. The molecule has 3 aromatic rings. The van der Waals surface area contributed by atoms with Crippen LogP contribution in [0.3, 0.4) is 0 Å². The van der Waals surface area contributed by atoms with Gasteiger partial charge < -0.3 is 25.3 Å². The minimum absolute atomic E-state index is 0. The first kappa shape index (κ1) is 22.4. The highest BCUT2D eigenvalue weighted by molar-refractivity contribution is 14.0. The Morgan fingerprint density at radius 1 is 1.07 bits per heavy atom. The van der Waals surface area contributed by atoms with E-state index >= 15 is 0 Å². The second kappa shape index (κ2) is 11.2. The highest BCUT2D eigenvalue weighted by Gasteiger charge is 2.10. The molecular formula is C23H30IN5O. The van der Waals surface area contributed by atoms with Crippen LogP contribution in [0.25, 0.3) is 10.9 Å². The summed E-state index contributed by atoms with van der Waals surface area (Å²) < 4.78 is 5.43. The minimum Gasteiger partial charge on any atom is -0.378 e. The number of fused-ring (bicyclic) bond motifs is 1. The molecule has 0 bridgehead atoms. The third kappa shape index (κ3) is 5.66. The number of aromatic nitrogens is 1. The molecule has 6 nitrogen and oxygen atoms in total. The fraction of sp³-hybridized carbons (Fsp3) is 0.348. The Hall–Kier alpha value is -2.26. The molecule has 2 aromatic carbocycles. The van der Waals surface area contributed by atoms with E-state index in [1.54, 1.807) is 0 Å². The van der Waals surface area contributed by atoms with Gasteiger partial charge in [-0.25, -0.2) is 0 Å². The molecule has 0 spiro atoms. The van der Waals surface area contributed by atoms with Crippen LogP contribution in [-0.2, 0) is 17.7 Å². The van der Waals surface area contributed by atoms with Crippen molar-refractivity contribution in [2.75, 3.05) is 44.8 Å². The van der Waals surface area contributed by atoms with Gasteiger partial charge in [0.15, 0.2) is 5.96 Å². The van der Waals surface area contributed by atoms with Gasteiger partial charge in [-0.3, -0.25) is 4.99 Å². The van der Waals surface area contributed by atoms with Crippen LogP contribution in [0.4, 0.5) is 5.69 Å². The van der Waals surface area contributed by atoms with Gasteiger partial charge in [0.05, 0.1) is 13.2 Å². The predicted molar refractivity (Wildman–Crippen MR) is 135 cm³/mol. The molecule has 4 rings (SSSR count). The van der Waals surface area contributed by atoms with Crippen LogP contribution < -0.4 is 15.5 Å². The quantitative estimate of drug-likeness (QED) is 0.265. The number of nitrogens with zero attached hydrogens (tertiary/aromatic N) is 2. The van der Waals surface area contributed by atoms with Crippen molar-refractivity contribution in [2.45, 2.75) is 13.0 Å². The van der Waals surface area contributed by atoms with Gasteiger partial charge in [-0.05, 0) is 35.7 Å². The summed E-state index contributed by atoms with van der Waals surface area (Å²) in [4.78, 5) is 10.0. The Morgan fingerprint density at radius 2 is 1.83 bits per heavy atom. The molecule has 0 saturated carbocycles. The summed E-state index contributed by atoms with van der Waals surface area (Å²) in [5.74, 6) is 0.821. The molecule has 7 heteroatoms. The van der Waals surface area contributed by atoms with Gasteiger partial charge in [0.1, 0.15) is 0 Å². The Balaban J connectivity index is 0.00000256. The van der Waals surface area contributed by atoms with Gasteiger partial charge >= 0.3 is 0 Å². The average molecular weight is 519 g/mol. The van der Waals surface area contributed by atoms with E-state index in [9.17, 15) is 0 Å². The summed E-state index contributed by atoms with van der Waals surface area (Å²) in [6.07, 6.45) is 3.04. The van der Waals surface area contributed by atoms with E-state index in [4.69, 9.17) is 4.74 Å². The van der Waals surface area contributed by atoms with Crippen molar-refractivity contribution in [3.05, 3.63) is 65.9 Å². The molecule has 1 aromatic heterocycles. The van der Waals surface area contributed by atoms with Gasteiger partial charge in [0.25, 0.3) is 0 Å². The summed E-state index contributed by atoms with van der Waals surface area (Å²) >= 11 is 0. The largest absolute Gasteiger partial charge is 0.378 e. The number of nitrogens with one attached hydrogen (secondary N) is 3. The molecule has 160 valence electrons. The number of para-hydroxylation sites is 1. The maximum atomic E-state index is 5.43. The number of ether oxygens (including phenoxy) is 1. The summed E-state index contributed by atoms with van der Waals surface area (Å²) in [7, 11) is 1.81. The van der Waals surface area contributed by atoms with E-state index in [2.05, 4.69) is 80.2 Å².